The van der Waals surface area contributed by atoms with Gasteiger partial charge >= 0.3 is 0 Å². The molecule has 2 N–H and O–H groups in total. The van der Waals surface area contributed by atoms with E-state index in [0.717, 1.165) is 100 Å². The van der Waals surface area contributed by atoms with Crippen molar-refractivity contribution in [3.05, 3.63) is 122 Å². The number of amides is 1. The predicted octanol–water partition coefficient (Wildman–Crippen LogP) is 9.41. The van der Waals surface area contributed by atoms with E-state index in [1.165, 1.54) is 42.0 Å². The molecule has 15 heteroatoms. The molecular weight excluding hydrogens is 850 g/mol. The number of anilines is 1. The summed E-state index contributed by atoms with van der Waals surface area (Å²) in [6.07, 6.45) is 12.1. The van der Waals surface area contributed by atoms with Crippen LogP contribution >= 0.6 is 11.6 Å². The molecule has 5 aromatic rings. The zero-order valence-electron chi connectivity index (χ0n) is 36.6. The molecule has 9 rings (SSSR count). The molecule has 336 valence electrons. The van der Waals surface area contributed by atoms with Crippen LogP contribution < -0.4 is 14.4 Å². The van der Waals surface area contributed by atoms with E-state index in [1.54, 1.807) is 30.6 Å². The number of piperidine rings is 1. The maximum absolute atomic E-state index is 14.1. The van der Waals surface area contributed by atoms with Crippen LogP contribution in [0.3, 0.4) is 0 Å². The lowest BCUT2D eigenvalue weighted by Crippen LogP contribution is -2.47. The predicted molar refractivity (Wildman–Crippen MR) is 251 cm³/mol. The number of piperazine rings is 1. The third kappa shape index (κ3) is 9.85. The summed E-state index contributed by atoms with van der Waals surface area (Å²) in [5.41, 5.74) is 6.86. The van der Waals surface area contributed by atoms with Crippen LogP contribution in [-0.4, -0.2) is 91.4 Å². The van der Waals surface area contributed by atoms with Crippen molar-refractivity contribution in [3.63, 3.8) is 0 Å². The highest BCUT2D eigenvalue weighted by Crippen LogP contribution is 2.44. The number of carbonyl (C=O) groups excluding carboxylic acids is 1. The second kappa shape index (κ2) is 18.3. The summed E-state index contributed by atoms with van der Waals surface area (Å²) in [5.74, 6) is -0.205. The lowest BCUT2D eigenvalue weighted by atomic mass is 9.72. The fraction of sp³-hybridized carbons (Fsp3) is 0.429. The number of carbonyl (C=O) groups is 1. The van der Waals surface area contributed by atoms with E-state index in [1.807, 2.05) is 24.3 Å². The standard InChI is InChI=1S/C49H56ClN7O6S/c1-49(2)15-12-36(44(30-49)34-6-8-38(50)9-7-34)32-55-20-22-56(23-21-55)39-10-11-42(46(28-39)63-40-26-35-13-16-51-47(35)52-31-40)48(58)53-64(61,62)41-27-37-24-33(14-19-54-17-4-3-5-18-54)25-43(37)45(29-41)57(59)60/h6-11,13,16,26-29,31,33H,3-5,12,14-15,17-25,30,32H2,1-2H3,(H,51,52)(H,53,58)/t33-/m1/s1. The van der Waals surface area contributed by atoms with E-state index in [9.17, 15) is 23.3 Å². The molecule has 2 aliphatic carbocycles. The topological polar surface area (TPSA) is 154 Å². The maximum Gasteiger partial charge on any atom is 0.274 e. The van der Waals surface area contributed by atoms with Crippen LogP contribution in [0.1, 0.15) is 85.8 Å². The molecule has 0 unspecified atom stereocenters. The minimum Gasteiger partial charge on any atom is -0.455 e. The number of aromatic amines is 1. The first-order chi connectivity index (χ1) is 30.8. The highest BCUT2D eigenvalue weighted by atomic mass is 35.5. The Morgan fingerprint density at radius 2 is 1.75 bits per heavy atom. The van der Waals surface area contributed by atoms with Gasteiger partial charge in [-0.15, -0.1) is 0 Å². The summed E-state index contributed by atoms with van der Waals surface area (Å²) >= 11 is 6.25. The molecule has 1 atom stereocenters. The van der Waals surface area contributed by atoms with Crippen molar-refractivity contribution in [2.45, 2.75) is 76.5 Å². The van der Waals surface area contributed by atoms with Crippen molar-refractivity contribution >= 4 is 55.5 Å². The number of nitro groups is 1. The van der Waals surface area contributed by atoms with E-state index in [2.05, 4.69) is 55.4 Å². The smallest absolute Gasteiger partial charge is 0.274 e. The number of hydrogen-bond donors (Lipinski definition) is 2. The minimum absolute atomic E-state index is 0.00421. The van der Waals surface area contributed by atoms with Crippen molar-refractivity contribution in [2.75, 3.05) is 57.3 Å². The first-order valence-electron chi connectivity index (χ1n) is 22.6. The maximum atomic E-state index is 14.1. The third-order valence-corrected chi connectivity index (χ3v) is 15.2. The molecule has 0 bridgehead atoms. The first kappa shape index (κ1) is 43.9. The normalized spacial score (nSPS) is 19.5. The Kier molecular flexibility index (Phi) is 12.6. The molecule has 4 aliphatic rings. The van der Waals surface area contributed by atoms with Crippen molar-refractivity contribution < 1.29 is 22.9 Å². The lowest BCUT2D eigenvalue weighted by Gasteiger charge is -2.39. The molecule has 2 aliphatic heterocycles. The molecular formula is C49H56ClN7O6S. The fourth-order valence-electron chi connectivity index (χ4n) is 10.1. The average molecular weight is 907 g/mol. The van der Waals surface area contributed by atoms with Crippen LogP contribution in [0, 0.1) is 21.4 Å². The van der Waals surface area contributed by atoms with E-state index >= 15 is 0 Å². The number of rotatable bonds is 13. The number of likely N-dealkylation sites (tertiary alicyclic amines) is 1. The Morgan fingerprint density at radius 1 is 0.969 bits per heavy atom. The molecule has 0 spiro atoms. The number of hydrogen-bond acceptors (Lipinski definition) is 10. The van der Waals surface area contributed by atoms with E-state index in [0.29, 0.717) is 35.4 Å². The number of fused-ring (bicyclic) bond motifs is 2. The van der Waals surface area contributed by atoms with Crippen molar-refractivity contribution in [2.24, 2.45) is 11.3 Å². The molecule has 0 radical (unpaired) electrons. The SMILES string of the molecule is CC1(C)CCC(CN2CCN(c3ccc(C(=O)NS(=O)(=O)c4cc5c(c([N+](=O)[O-])c4)C[C@H](CCN4CCCCC4)C5)c(Oc4cnc5[nH]ccc5c4)c3)CC2)=C(c2ccc(Cl)cc2)C1. The van der Waals surface area contributed by atoms with Crippen LogP contribution in [0.15, 0.2) is 89.6 Å². The van der Waals surface area contributed by atoms with Gasteiger partial charge in [0, 0.05) is 72.7 Å². The Labute approximate surface area is 380 Å². The summed E-state index contributed by atoms with van der Waals surface area (Å²) < 4.78 is 36.6. The van der Waals surface area contributed by atoms with Crippen LogP contribution in [-0.2, 0) is 22.9 Å². The summed E-state index contributed by atoms with van der Waals surface area (Å²) in [4.78, 5) is 40.3. The van der Waals surface area contributed by atoms with Gasteiger partial charge in [-0.1, -0.05) is 49.6 Å². The Morgan fingerprint density at radius 3 is 2.52 bits per heavy atom. The largest absolute Gasteiger partial charge is 0.455 e. The number of nitrogens with zero attached hydrogens (tertiary/aromatic N) is 5. The van der Waals surface area contributed by atoms with Gasteiger partial charge < -0.3 is 19.5 Å². The summed E-state index contributed by atoms with van der Waals surface area (Å²) in [5, 5.41) is 13.9. The highest BCUT2D eigenvalue weighted by molar-refractivity contribution is 7.90. The second-order valence-electron chi connectivity index (χ2n) is 18.8. The zero-order valence-corrected chi connectivity index (χ0v) is 38.1. The van der Waals surface area contributed by atoms with Gasteiger partial charge in [-0.25, -0.2) is 18.1 Å². The number of benzene rings is 3. The Hall–Kier alpha value is -5.28. The van der Waals surface area contributed by atoms with Gasteiger partial charge in [0.1, 0.15) is 17.1 Å². The Bertz CT molecular complexity index is 2700. The fourth-order valence-corrected chi connectivity index (χ4v) is 11.2. The second-order valence-corrected chi connectivity index (χ2v) is 20.9. The molecule has 0 saturated carbocycles. The minimum atomic E-state index is -4.53. The number of nitro benzene ring substituents is 1. The zero-order chi connectivity index (χ0) is 44.6. The van der Waals surface area contributed by atoms with E-state index in [4.69, 9.17) is 16.3 Å². The molecule has 64 heavy (non-hydrogen) atoms. The van der Waals surface area contributed by atoms with Gasteiger partial charge in [-0.2, -0.15) is 0 Å². The molecule has 2 aromatic heterocycles. The summed E-state index contributed by atoms with van der Waals surface area (Å²) in [7, 11) is -4.53. The number of aromatic nitrogens is 2. The van der Waals surface area contributed by atoms with Crippen molar-refractivity contribution in [1.82, 2.24) is 24.5 Å². The number of pyridine rings is 1. The van der Waals surface area contributed by atoms with Crippen LogP contribution in [0.25, 0.3) is 16.6 Å². The molecule has 2 fully saturated rings. The summed E-state index contributed by atoms with van der Waals surface area (Å²) in [6, 6.07) is 19.6. The molecule has 13 nitrogen and oxygen atoms in total. The van der Waals surface area contributed by atoms with Gasteiger partial charge in [0.15, 0.2) is 0 Å². The molecule has 2 saturated heterocycles. The highest BCUT2D eigenvalue weighted by Gasteiger charge is 2.34. The van der Waals surface area contributed by atoms with Gasteiger partial charge in [0.2, 0.25) is 0 Å². The molecule has 4 heterocycles. The quantitative estimate of drug-likeness (QED) is 0.0863. The molecule has 3 aromatic carbocycles. The monoisotopic (exact) mass is 905 g/mol. The van der Waals surface area contributed by atoms with Gasteiger partial charge in [0.25, 0.3) is 21.6 Å². The van der Waals surface area contributed by atoms with Crippen molar-refractivity contribution in [3.8, 4) is 11.5 Å². The number of ether oxygens (including phenoxy) is 1. The average Bonchev–Trinajstić information content (AvgIpc) is 3.93. The number of nitrogens with one attached hydrogen (secondary N) is 2. The van der Waals surface area contributed by atoms with Crippen LogP contribution in [0.2, 0.25) is 5.02 Å². The number of halogens is 1. The van der Waals surface area contributed by atoms with Crippen LogP contribution in [0.5, 0.6) is 11.5 Å². The van der Waals surface area contributed by atoms with Gasteiger partial charge in [0.05, 0.1) is 21.6 Å². The van der Waals surface area contributed by atoms with Gasteiger partial charge in [-0.3, -0.25) is 19.8 Å². The number of allylic oxidation sites excluding steroid dienone is 1. The van der Waals surface area contributed by atoms with Crippen LogP contribution in [0.4, 0.5) is 11.4 Å². The van der Waals surface area contributed by atoms with E-state index < -0.39 is 20.9 Å². The van der Waals surface area contributed by atoms with Crippen molar-refractivity contribution in [1.29, 1.82) is 0 Å². The first-order valence-corrected chi connectivity index (χ1v) is 24.4. The number of sulfonamides is 1. The number of H-pyrrole nitrogens is 1. The Balaban J connectivity index is 0.931. The third-order valence-electron chi connectivity index (χ3n) is 13.7. The van der Waals surface area contributed by atoms with Gasteiger partial charge in [-0.05, 0) is 141 Å². The lowest BCUT2D eigenvalue weighted by molar-refractivity contribution is -0.385. The van der Waals surface area contributed by atoms with E-state index in [-0.39, 0.29) is 33.2 Å². The molecule has 1 amide bonds. The summed E-state index contributed by atoms with van der Waals surface area (Å²) in [6.45, 7) is 11.8.